The molecule has 0 radical (unpaired) electrons. The van der Waals surface area contributed by atoms with Crippen molar-refractivity contribution in [3.63, 3.8) is 0 Å². The number of anilines is 1. The van der Waals surface area contributed by atoms with Crippen LogP contribution in [0.4, 0.5) is 19.0 Å². The maximum atomic E-state index is 13.1. The monoisotopic (exact) mass is 466 g/mol. The number of esters is 1. The van der Waals surface area contributed by atoms with Crippen molar-refractivity contribution in [3.8, 4) is 0 Å². The van der Waals surface area contributed by atoms with Gasteiger partial charge in [-0.05, 0) is 37.1 Å². The van der Waals surface area contributed by atoms with Crippen LogP contribution in [-0.4, -0.2) is 63.3 Å². The maximum absolute atomic E-state index is 13.1. The lowest BCUT2D eigenvalue weighted by Gasteiger charge is -2.31. The second-order valence-corrected chi connectivity index (χ2v) is 7.68. The molecule has 3 aromatic rings. The van der Waals surface area contributed by atoms with E-state index in [-0.39, 0.29) is 24.7 Å². The van der Waals surface area contributed by atoms with Gasteiger partial charge >= 0.3 is 12.1 Å². The Bertz CT molecular complexity index is 1120. The Morgan fingerprint density at radius 2 is 1.97 bits per heavy atom. The zero-order valence-electron chi connectivity index (χ0n) is 17.7. The number of alkyl halides is 3. The summed E-state index contributed by atoms with van der Waals surface area (Å²) in [6.45, 7) is 0.687. The summed E-state index contributed by atoms with van der Waals surface area (Å²) in [7, 11) is 1.58. The highest BCUT2D eigenvalue weighted by molar-refractivity contribution is 5.81. The molecule has 1 saturated heterocycles. The van der Waals surface area contributed by atoms with Gasteiger partial charge in [-0.15, -0.1) is 15.3 Å². The van der Waals surface area contributed by atoms with E-state index >= 15 is 0 Å². The van der Waals surface area contributed by atoms with Crippen LogP contribution < -0.4 is 4.90 Å². The van der Waals surface area contributed by atoms with Crippen LogP contribution in [0.1, 0.15) is 24.4 Å². The highest BCUT2D eigenvalue weighted by Crippen LogP contribution is 2.28. The van der Waals surface area contributed by atoms with Crippen LogP contribution in [0.3, 0.4) is 0 Å². The number of fused-ring (bicyclic) bond motifs is 1. The molecule has 1 aliphatic rings. The number of nitrogens with zero attached hydrogens (tertiary/aromatic N) is 6. The Kier molecular flexibility index (Phi) is 6.20. The van der Waals surface area contributed by atoms with Gasteiger partial charge in [-0.2, -0.15) is 17.7 Å². The van der Waals surface area contributed by atoms with Crippen LogP contribution in [0.5, 0.6) is 0 Å². The Morgan fingerprint density at radius 1 is 1.21 bits per heavy atom. The summed E-state index contributed by atoms with van der Waals surface area (Å²) in [5.74, 6) is -1.49. The fraction of sp³-hybridized carbons (Fsp3) is 0.450. The van der Waals surface area contributed by atoms with Crippen molar-refractivity contribution < 1.29 is 31.9 Å². The maximum Gasteiger partial charge on any atom is 0.453 e. The first-order valence-corrected chi connectivity index (χ1v) is 10.2. The molecule has 0 saturated carbocycles. The molecule has 0 atom stereocenters. The third kappa shape index (κ3) is 5.07. The number of carbonyl (C=O) groups is 2. The summed E-state index contributed by atoms with van der Waals surface area (Å²) in [6, 6.07) is 6.44. The van der Waals surface area contributed by atoms with Crippen LogP contribution in [0.2, 0.25) is 0 Å². The lowest BCUT2D eigenvalue weighted by Crippen LogP contribution is -2.38. The van der Waals surface area contributed by atoms with E-state index in [0.29, 0.717) is 42.0 Å². The molecule has 0 unspecified atom stereocenters. The summed E-state index contributed by atoms with van der Waals surface area (Å²) in [4.78, 5) is 27.7. The predicted octanol–water partition coefficient (Wildman–Crippen LogP) is 2.15. The minimum Gasteiger partial charge on any atom is -0.467 e. The van der Waals surface area contributed by atoms with E-state index in [1.165, 1.54) is 17.2 Å². The molecule has 0 spiro atoms. The van der Waals surface area contributed by atoms with Gasteiger partial charge in [0.05, 0.1) is 18.7 Å². The van der Waals surface area contributed by atoms with Gasteiger partial charge in [-0.1, -0.05) is 0 Å². The number of rotatable bonds is 6. The number of hydrogen-bond donors (Lipinski definition) is 0. The van der Waals surface area contributed by atoms with E-state index in [2.05, 4.69) is 15.3 Å². The standard InChI is InChI=1S/C20H21F3N6O4/c1-27(11-14-3-2-10-32-14)17(30)12-33-18(31)13-6-8-28(9-7-13)16-5-4-15-24-25-19(20(21,22)23)29(15)26-16/h2-5,10,13H,6-9,11-12H2,1H3. The first-order valence-electron chi connectivity index (χ1n) is 10.2. The van der Waals surface area contributed by atoms with Gasteiger partial charge in [0.15, 0.2) is 12.3 Å². The predicted molar refractivity (Wildman–Crippen MR) is 107 cm³/mol. The normalized spacial score (nSPS) is 15.1. The quantitative estimate of drug-likeness (QED) is 0.509. The van der Waals surface area contributed by atoms with Crippen molar-refractivity contribution in [2.75, 3.05) is 31.6 Å². The lowest BCUT2D eigenvalue weighted by atomic mass is 9.97. The van der Waals surface area contributed by atoms with Crippen LogP contribution in [-0.2, 0) is 27.0 Å². The fourth-order valence-corrected chi connectivity index (χ4v) is 3.55. The number of aromatic nitrogens is 4. The summed E-state index contributed by atoms with van der Waals surface area (Å²) < 4.78 is 50.3. The molecule has 1 fully saturated rings. The topological polar surface area (TPSA) is 106 Å². The van der Waals surface area contributed by atoms with Crippen molar-refractivity contribution in [2.24, 2.45) is 5.92 Å². The van der Waals surface area contributed by atoms with Gasteiger partial charge in [-0.25, -0.2) is 0 Å². The Morgan fingerprint density at radius 3 is 2.64 bits per heavy atom. The van der Waals surface area contributed by atoms with E-state index in [1.807, 2.05) is 0 Å². The highest BCUT2D eigenvalue weighted by Gasteiger charge is 2.38. The van der Waals surface area contributed by atoms with Crippen LogP contribution in [0.15, 0.2) is 34.9 Å². The Hall–Kier alpha value is -3.64. The highest BCUT2D eigenvalue weighted by atomic mass is 19.4. The van der Waals surface area contributed by atoms with Gasteiger partial charge in [0.2, 0.25) is 0 Å². The molecule has 0 aromatic carbocycles. The average Bonchev–Trinajstić information content (AvgIpc) is 3.46. The number of ether oxygens (including phenoxy) is 1. The van der Waals surface area contributed by atoms with E-state index < -0.39 is 23.9 Å². The third-order valence-electron chi connectivity index (χ3n) is 5.39. The van der Waals surface area contributed by atoms with E-state index in [0.717, 1.165) is 0 Å². The van der Waals surface area contributed by atoms with E-state index in [1.54, 1.807) is 30.1 Å². The number of likely N-dealkylation sites (N-methyl/N-ethyl adjacent to an activating group) is 1. The van der Waals surface area contributed by atoms with Crippen LogP contribution >= 0.6 is 0 Å². The van der Waals surface area contributed by atoms with Gasteiger partial charge in [-0.3, -0.25) is 9.59 Å². The molecule has 1 aliphatic heterocycles. The molecule has 3 aromatic heterocycles. The number of hydrogen-bond acceptors (Lipinski definition) is 8. The van der Waals surface area contributed by atoms with Crippen molar-refractivity contribution in [1.82, 2.24) is 24.7 Å². The summed E-state index contributed by atoms with van der Waals surface area (Å²) >= 11 is 0. The number of amides is 1. The molecular weight excluding hydrogens is 445 g/mol. The molecular formula is C20H21F3N6O4. The minimum atomic E-state index is -4.68. The molecule has 176 valence electrons. The Balaban J connectivity index is 1.29. The van der Waals surface area contributed by atoms with Crippen LogP contribution in [0, 0.1) is 5.92 Å². The molecule has 33 heavy (non-hydrogen) atoms. The van der Waals surface area contributed by atoms with Gasteiger partial charge in [0, 0.05) is 20.1 Å². The molecule has 0 bridgehead atoms. The number of carbonyl (C=O) groups excluding carboxylic acids is 2. The van der Waals surface area contributed by atoms with Crippen molar-refractivity contribution in [2.45, 2.75) is 25.6 Å². The second kappa shape index (κ2) is 9.08. The van der Waals surface area contributed by atoms with Crippen molar-refractivity contribution >= 4 is 23.3 Å². The van der Waals surface area contributed by atoms with Gasteiger partial charge in [0.25, 0.3) is 11.7 Å². The Labute approximate surface area is 185 Å². The first-order chi connectivity index (χ1) is 15.7. The second-order valence-electron chi connectivity index (χ2n) is 7.68. The molecule has 13 heteroatoms. The van der Waals surface area contributed by atoms with Gasteiger partial charge < -0.3 is 19.0 Å². The summed E-state index contributed by atoms with van der Waals surface area (Å²) in [5, 5.41) is 10.7. The van der Waals surface area contributed by atoms with Gasteiger partial charge in [0.1, 0.15) is 11.6 Å². The molecule has 10 nitrogen and oxygen atoms in total. The number of piperidine rings is 1. The summed E-state index contributed by atoms with van der Waals surface area (Å²) in [5.41, 5.74) is -0.00813. The molecule has 0 N–H and O–H groups in total. The molecule has 0 aliphatic carbocycles. The first kappa shape index (κ1) is 22.6. The SMILES string of the molecule is CN(Cc1ccco1)C(=O)COC(=O)C1CCN(c2ccc3nnc(C(F)(F)F)n3n2)CC1. The molecule has 4 heterocycles. The van der Waals surface area contributed by atoms with E-state index in [4.69, 9.17) is 9.15 Å². The van der Waals surface area contributed by atoms with Crippen molar-refractivity contribution in [3.05, 3.63) is 42.1 Å². The lowest BCUT2D eigenvalue weighted by molar-refractivity contribution is -0.155. The van der Waals surface area contributed by atoms with Crippen LogP contribution in [0.25, 0.3) is 5.65 Å². The third-order valence-corrected chi connectivity index (χ3v) is 5.39. The number of halogens is 3. The largest absolute Gasteiger partial charge is 0.467 e. The molecule has 1 amide bonds. The number of furan rings is 1. The average molecular weight is 466 g/mol. The fourth-order valence-electron chi connectivity index (χ4n) is 3.55. The van der Waals surface area contributed by atoms with E-state index in [9.17, 15) is 22.8 Å². The smallest absolute Gasteiger partial charge is 0.453 e. The minimum absolute atomic E-state index is 0.00813. The van der Waals surface area contributed by atoms with Crippen molar-refractivity contribution in [1.29, 1.82) is 0 Å². The zero-order valence-corrected chi connectivity index (χ0v) is 17.7. The molecule has 4 rings (SSSR count). The zero-order chi connectivity index (χ0) is 23.6. The summed E-state index contributed by atoms with van der Waals surface area (Å²) in [6.07, 6.45) is -2.33.